The smallest absolute Gasteiger partial charge is 0.338 e. The number of rotatable bonds is 6. The first-order chi connectivity index (χ1) is 14.5. The first kappa shape index (κ1) is 20.6. The summed E-state index contributed by atoms with van der Waals surface area (Å²) in [5, 5.41) is 0. The van der Waals surface area contributed by atoms with E-state index in [9.17, 15) is 19.2 Å². The molecule has 0 N–H and O–H groups in total. The normalized spacial score (nSPS) is 22.3. The number of nitrogens with zero attached hydrogens (tertiary/aromatic N) is 2. The summed E-state index contributed by atoms with van der Waals surface area (Å²) in [7, 11) is 0. The van der Waals surface area contributed by atoms with Crippen LogP contribution >= 0.6 is 0 Å². The zero-order valence-corrected chi connectivity index (χ0v) is 17.3. The molecule has 3 amide bonds. The van der Waals surface area contributed by atoms with Gasteiger partial charge in [-0.15, -0.1) is 0 Å². The fourth-order valence-corrected chi connectivity index (χ4v) is 4.55. The lowest BCUT2D eigenvalue weighted by Crippen LogP contribution is -2.52. The van der Waals surface area contributed by atoms with Gasteiger partial charge in [0.05, 0.1) is 24.3 Å². The summed E-state index contributed by atoms with van der Waals surface area (Å²) in [4.78, 5) is 53.9. The molecular weight excluding hydrogens is 384 g/mol. The highest BCUT2D eigenvalue weighted by atomic mass is 16.5. The van der Waals surface area contributed by atoms with E-state index in [1.807, 2.05) is 0 Å². The van der Waals surface area contributed by atoms with E-state index >= 15 is 0 Å². The molecule has 1 aliphatic heterocycles. The van der Waals surface area contributed by atoms with Crippen molar-refractivity contribution in [1.29, 1.82) is 0 Å². The third-order valence-corrected chi connectivity index (χ3v) is 6.24. The fourth-order valence-electron chi connectivity index (χ4n) is 4.55. The van der Waals surface area contributed by atoms with E-state index in [0.29, 0.717) is 11.3 Å². The minimum absolute atomic E-state index is 0.00717. The van der Waals surface area contributed by atoms with Gasteiger partial charge < -0.3 is 9.64 Å². The van der Waals surface area contributed by atoms with Gasteiger partial charge in [0.25, 0.3) is 5.91 Å². The molecule has 0 radical (unpaired) electrons. The standard InChI is InChI=1S/C23H28N2O5/c1-2-30-23(29)16-10-12-18(13-11-16)25-20(26)14-19(22(25)28)24(21(27)15-8-9-15)17-6-4-3-5-7-17/h10-13,15,17,19H,2-9,14H2,1H3. The molecule has 0 bridgehead atoms. The Bertz CT molecular complexity index is 840. The first-order valence-electron chi connectivity index (χ1n) is 11.0. The van der Waals surface area contributed by atoms with Gasteiger partial charge in [0.1, 0.15) is 6.04 Å². The molecule has 1 aromatic rings. The van der Waals surface area contributed by atoms with Gasteiger partial charge in [-0.05, 0) is 56.9 Å². The lowest BCUT2D eigenvalue weighted by atomic mass is 9.92. The van der Waals surface area contributed by atoms with Gasteiger partial charge in [-0.2, -0.15) is 0 Å². The predicted molar refractivity (Wildman–Crippen MR) is 110 cm³/mol. The molecule has 1 atom stereocenters. The summed E-state index contributed by atoms with van der Waals surface area (Å²) < 4.78 is 4.98. The van der Waals surface area contributed by atoms with E-state index in [0.717, 1.165) is 49.8 Å². The van der Waals surface area contributed by atoms with Crippen LogP contribution in [-0.4, -0.2) is 47.3 Å². The van der Waals surface area contributed by atoms with Crippen LogP contribution in [0.25, 0.3) is 0 Å². The van der Waals surface area contributed by atoms with Crippen LogP contribution in [0.4, 0.5) is 5.69 Å². The fraction of sp³-hybridized carbons (Fsp3) is 0.565. The summed E-state index contributed by atoms with van der Waals surface area (Å²) in [6.07, 6.45) is 6.80. The summed E-state index contributed by atoms with van der Waals surface area (Å²) in [6.45, 7) is 2.01. The zero-order chi connectivity index (χ0) is 21.3. The summed E-state index contributed by atoms with van der Waals surface area (Å²) in [5.41, 5.74) is 0.784. The number of amides is 3. The Labute approximate surface area is 176 Å². The Morgan fingerprint density at radius 2 is 1.70 bits per heavy atom. The Balaban J connectivity index is 1.56. The van der Waals surface area contributed by atoms with Crippen molar-refractivity contribution >= 4 is 29.4 Å². The molecule has 2 aliphatic carbocycles. The quantitative estimate of drug-likeness (QED) is 0.530. The second kappa shape index (κ2) is 8.58. The summed E-state index contributed by atoms with van der Waals surface area (Å²) >= 11 is 0. The monoisotopic (exact) mass is 412 g/mol. The highest BCUT2D eigenvalue weighted by Crippen LogP contribution is 2.37. The number of imide groups is 1. The van der Waals surface area contributed by atoms with Crippen LogP contribution in [0.15, 0.2) is 24.3 Å². The molecule has 2 saturated carbocycles. The lowest BCUT2D eigenvalue weighted by molar-refractivity contribution is -0.143. The number of carbonyl (C=O) groups excluding carboxylic acids is 4. The molecule has 160 valence electrons. The van der Waals surface area contributed by atoms with Crippen molar-refractivity contribution in [1.82, 2.24) is 4.90 Å². The highest BCUT2D eigenvalue weighted by molar-refractivity contribution is 6.23. The van der Waals surface area contributed by atoms with Crippen LogP contribution in [0.2, 0.25) is 0 Å². The van der Waals surface area contributed by atoms with Gasteiger partial charge in [0.15, 0.2) is 0 Å². The topological polar surface area (TPSA) is 84.0 Å². The molecule has 1 unspecified atom stereocenters. The van der Waals surface area contributed by atoms with Crippen LogP contribution in [0.1, 0.15) is 68.6 Å². The number of anilines is 1. The first-order valence-corrected chi connectivity index (χ1v) is 11.0. The minimum atomic E-state index is -0.724. The molecule has 1 heterocycles. The Hall–Kier alpha value is -2.70. The predicted octanol–water partition coefficient (Wildman–Crippen LogP) is 3.07. The molecule has 30 heavy (non-hydrogen) atoms. The average molecular weight is 412 g/mol. The molecule has 7 heteroatoms. The maximum absolute atomic E-state index is 13.3. The van der Waals surface area contributed by atoms with Crippen molar-refractivity contribution in [3.8, 4) is 0 Å². The van der Waals surface area contributed by atoms with E-state index in [1.165, 1.54) is 0 Å². The molecule has 4 rings (SSSR count). The van der Waals surface area contributed by atoms with Crippen LogP contribution in [-0.2, 0) is 19.1 Å². The Kier molecular flexibility index (Phi) is 5.88. The molecule has 1 aromatic carbocycles. The highest BCUT2D eigenvalue weighted by Gasteiger charge is 2.49. The van der Waals surface area contributed by atoms with Crippen molar-refractivity contribution in [2.45, 2.75) is 70.4 Å². The van der Waals surface area contributed by atoms with E-state index in [2.05, 4.69) is 0 Å². The largest absolute Gasteiger partial charge is 0.462 e. The third-order valence-electron chi connectivity index (χ3n) is 6.24. The van der Waals surface area contributed by atoms with E-state index < -0.39 is 12.0 Å². The van der Waals surface area contributed by atoms with Crippen molar-refractivity contribution in [2.24, 2.45) is 5.92 Å². The number of benzene rings is 1. The van der Waals surface area contributed by atoms with Gasteiger partial charge in [0.2, 0.25) is 11.8 Å². The number of esters is 1. The van der Waals surface area contributed by atoms with Crippen LogP contribution in [0.3, 0.4) is 0 Å². The van der Waals surface area contributed by atoms with Gasteiger partial charge in [-0.25, -0.2) is 9.69 Å². The van der Waals surface area contributed by atoms with E-state index in [4.69, 9.17) is 4.74 Å². The maximum Gasteiger partial charge on any atom is 0.338 e. The van der Waals surface area contributed by atoms with Crippen LogP contribution < -0.4 is 4.90 Å². The molecule has 7 nitrogen and oxygen atoms in total. The Morgan fingerprint density at radius 1 is 1.03 bits per heavy atom. The summed E-state index contributed by atoms with van der Waals surface area (Å²) in [6, 6.07) is 5.58. The molecule has 3 aliphatic rings. The van der Waals surface area contributed by atoms with Crippen molar-refractivity contribution < 1.29 is 23.9 Å². The van der Waals surface area contributed by atoms with Crippen LogP contribution in [0, 0.1) is 5.92 Å². The number of ether oxygens (including phenoxy) is 1. The Morgan fingerprint density at radius 3 is 2.30 bits per heavy atom. The summed E-state index contributed by atoms with van der Waals surface area (Å²) in [5.74, 6) is -1.05. The minimum Gasteiger partial charge on any atom is -0.462 e. The van der Waals surface area contributed by atoms with E-state index in [-0.39, 0.29) is 42.7 Å². The molecule has 3 fully saturated rings. The maximum atomic E-state index is 13.3. The zero-order valence-electron chi connectivity index (χ0n) is 17.3. The SMILES string of the molecule is CCOC(=O)c1ccc(N2C(=O)CC(N(C(=O)C3CC3)C3CCCCC3)C2=O)cc1. The van der Waals surface area contributed by atoms with Crippen molar-refractivity contribution in [3.05, 3.63) is 29.8 Å². The second-order valence-electron chi connectivity index (χ2n) is 8.37. The van der Waals surface area contributed by atoms with Gasteiger partial charge in [-0.3, -0.25) is 14.4 Å². The number of carbonyl (C=O) groups is 4. The van der Waals surface area contributed by atoms with E-state index in [1.54, 1.807) is 36.1 Å². The van der Waals surface area contributed by atoms with Gasteiger partial charge in [0, 0.05) is 12.0 Å². The van der Waals surface area contributed by atoms with Crippen LogP contribution in [0.5, 0.6) is 0 Å². The van der Waals surface area contributed by atoms with Crippen molar-refractivity contribution in [3.63, 3.8) is 0 Å². The molecule has 0 spiro atoms. The van der Waals surface area contributed by atoms with Gasteiger partial charge >= 0.3 is 5.97 Å². The number of hydrogen-bond donors (Lipinski definition) is 0. The molecule has 0 aromatic heterocycles. The number of hydrogen-bond acceptors (Lipinski definition) is 5. The van der Waals surface area contributed by atoms with Crippen molar-refractivity contribution in [2.75, 3.05) is 11.5 Å². The molecular formula is C23H28N2O5. The van der Waals surface area contributed by atoms with Gasteiger partial charge in [-0.1, -0.05) is 19.3 Å². The average Bonchev–Trinajstić information content (AvgIpc) is 3.56. The lowest BCUT2D eigenvalue weighted by Gasteiger charge is -2.37. The second-order valence-corrected chi connectivity index (χ2v) is 8.37. The third kappa shape index (κ3) is 3.98. The molecule has 1 saturated heterocycles.